The number of aliphatic hydroxyl groups is 1. The molecule has 2 fully saturated rings. The molecule has 2 aliphatic rings. The van der Waals surface area contributed by atoms with Crippen molar-refractivity contribution in [3.63, 3.8) is 0 Å². The molecule has 1 aliphatic heterocycles. The second-order valence-corrected chi connectivity index (χ2v) is 15.0. The number of ether oxygens (including phenoxy) is 1. The molecular weight excluding hydrogens is 639 g/mol. The summed E-state index contributed by atoms with van der Waals surface area (Å²) in [5.41, 5.74) is 3.55. The number of rotatable bonds is 16. The van der Waals surface area contributed by atoms with Gasteiger partial charge in [-0.25, -0.2) is 9.37 Å². The van der Waals surface area contributed by atoms with Gasteiger partial charge < -0.3 is 30.5 Å². The van der Waals surface area contributed by atoms with E-state index in [4.69, 9.17) is 9.84 Å². The van der Waals surface area contributed by atoms with Gasteiger partial charge in [-0.15, -0.1) is 11.3 Å². The number of carboxylic acid groups (broad SMARTS) is 1. The molecule has 1 saturated carbocycles. The summed E-state index contributed by atoms with van der Waals surface area (Å²) in [7, 11) is 0. The molecule has 2 aromatic rings. The average Bonchev–Trinajstić information content (AvgIpc) is 3.66. The number of aliphatic hydroxyl groups excluding tert-OH is 1. The molecule has 2 heterocycles. The number of halogens is 1. The summed E-state index contributed by atoms with van der Waals surface area (Å²) in [6.45, 7) is 9.36. The Morgan fingerprint density at radius 2 is 1.83 bits per heavy atom. The van der Waals surface area contributed by atoms with E-state index in [9.17, 15) is 28.7 Å². The van der Waals surface area contributed by atoms with Gasteiger partial charge in [-0.05, 0) is 62.5 Å². The van der Waals surface area contributed by atoms with Gasteiger partial charge in [-0.2, -0.15) is 0 Å². The largest absolute Gasteiger partial charge is 0.493 e. The van der Waals surface area contributed by atoms with Gasteiger partial charge in [-0.1, -0.05) is 45.7 Å². The number of amides is 3. The standard InChI is InChI=1S/C35H49FN4O7S/c1-20(25-14-13-23(30-21(2)37-19-48-30)16-27(25)47-15-9-7-6-8-10-28(42)43)38-32(44)26-17-24(41)18-40(26)34(46)31(35(3,4)5)39-33(45)29(36)22-11-12-22/h13-14,16,19-20,22,24,26,29,31,41H,6-12,15,17-18H2,1-5H3,(H,38,44)(H,39,45)(H,42,43)/t20-,24+,26-,29?,31+/m0/s1. The van der Waals surface area contributed by atoms with Crippen molar-refractivity contribution >= 4 is 35.0 Å². The lowest BCUT2D eigenvalue weighted by Gasteiger charge is -2.35. The Hall–Kier alpha value is -3.58. The summed E-state index contributed by atoms with van der Waals surface area (Å²) in [5, 5.41) is 25.0. The van der Waals surface area contributed by atoms with Crippen LogP contribution < -0.4 is 15.4 Å². The molecule has 3 amide bonds. The molecule has 0 spiro atoms. The molecule has 4 N–H and O–H groups in total. The van der Waals surface area contributed by atoms with Crippen LogP contribution in [0.15, 0.2) is 23.7 Å². The number of aryl methyl sites for hydroxylation is 1. The van der Waals surface area contributed by atoms with E-state index >= 15 is 0 Å². The molecule has 0 bridgehead atoms. The highest BCUT2D eigenvalue weighted by molar-refractivity contribution is 7.13. The number of carbonyl (C=O) groups excluding carboxylic acids is 3. The SMILES string of the molecule is Cc1ncsc1-c1ccc([C@H](C)NC(=O)[C@@H]2C[C@@H](O)CN2C(=O)[C@@H](NC(=O)C(F)C2CC2)C(C)(C)C)c(OCCCCCCC(=O)O)c1. The van der Waals surface area contributed by atoms with E-state index in [2.05, 4.69) is 15.6 Å². The second-order valence-electron chi connectivity index (χ2n) is 14.1. The molecule has 4 rings (SSSR count). The van der Waals surface area contributed by atoms with Gasteiger partial charge in [0, 0.05) is 24.9 Å². The summed E-state index contributed by atoms with van der Waals surface area (Å²) in [4.78, 5) is 57.7. The first-order valence-electron chi connectivity index (χ1n) is 16.8. The summed E-state index contributed by atoms with van der Waals surface area (Å²) in [6, 6.07) is 3.16. The van der Waals surface area contributed by atoms with Crippen molar-refractivity contribution in [3.8, 4) is 16.2 Å². The van der Waals surface area contributed by atoms with Crippen molar-refractivity contribution in [1.29, 1.82) is 0 Å². The molecule has 1 unspecified atom stereocenters. The van der Waals surface area contributed by atoms with Crippen molar-refractivity contribution in [3.05, 3.63) is 35.0 Å². The minimum absolute atomic E-state index is 0.0255. The average molecular weight is 689 g/mol. The number of hydrogen-bond donors (Lipinski definition) is 4. The van der Waals surface area contributed by atoms with E-state index in [1.807, 2.05) is 32.0 Å². The number of benzene rings is 1. The van der Waals surface area contributed by atoms with E-state index < -0.39 is 59.5 Å². The predicted molar refractivity (Wildman–Crippen MR) is 180 cm³/mol. The number of carboxylic acids is 1. The van der Waals surface area contributed by atoms with Crippen LogP contribution in [0.4, 0.5) is 4.39 Å². The molecule has 1 aromatic carbocycles. The highest BCUT2D eigenvalue weighted by Gasteiger charge is 2.46. The van der Waals surface area contributed by atoms with E-state index in [0.717, 1.165) is 41.0 Å². The van der Waals surface area contributed by atoms with Crippen molar-refractivity contribution in [1.82, 2.24) is 20.5 Å². The fourth-order valence-corrected chi connectivity index (χ4v) is 6.79. The molecule has 1 aromatic heterocycles. The smallest absolute Gasteiger partial charge is 0.303 e. The molecule has 1 saturated heterocycles. The van der Waals surface area contributed by atoms with Gasteiger partial charge >= 0.3 is 5.97 Å². The van der Waals surface area contributed by atoms with Crippen LogP contribution in [0.2, 0.25) is 0 Å². The fraction of sp³-hybridized carbons (Fsp3) is 0.629. The van der Waals surface area contributed by atoms with Gasteiger partial charge in [-0.3, -0.25) is 19.2 Å². The topological polar surface area (TPSA) is 158 Å². The number of nitrogens with one attached hydrogen (secondary N) is 2. The molecule has 0 radical (unpaired) electrons. The van der Waals surface area contributed by atoms with Crippen LogP contribution in [-0.4, -0.2) is 81.3 Å². The van der Waals surface area contributed by atoms with Gasteiger partial charge in [0.15, 0.2) is 6.17 Å². The highest BCUT2D eigenvalue weighted by atomic mass is 32.1. The number of thiazole rings is 1. The van der Waals surface area contributed by atoms with Crippen molar-refractivity contribution < 1.29 is 38.5 Å². The third-order valence-corrected chi connectivity index (χ3v) is 9.92. The Morgan fingerprint density at radius 1 is 1.12 bits per heavy atom. The van der Waals surface area contributed by atoms with Crippen LogP contribution in [0.25, 0.3) is 10.4 Å². The molecule has 5 atom stereocenters. The number of likely N-dealkylation sites (tertiary alicyclic amines) is 1. The van der Waals surface area contributed by atoms with Crippen molar-refractivity contribution in [2.24, 2.45) is 11.3 Å². The molecule has 13 heteroatoms. The van der Waals surface area contributed by atoms with Crippen LogP contribution in [-0.2, 0) is 19.2 Å². The maximum Gasteiger partial charge on any atom is 0.303 e. The zero-order valence-electron chi connectivity index (χ0n) is 28.5. The summed E-state index contributed by atoms with van der Waals surface area (Å²) < 4.78 is 20.8. The third-order valence-electron chi connectivity index (χ3n) is 8.94. The van der Waals surface area contributed by atoms with Gasteiger partial charge in [0.1, 0.15) is 17.8 Å². The number of aromatic nitrogens is 1. The first-order valence-corrected chi connectivity index (χ1v) is 17.7. The first-order chi connectivity index (χ1) is 22.7. The summed E-state index contributed by atoms with van der Waals surface area (Å²) >= 11 is 1.52. The molecule has 11 nitrogen and oxygen atoms in total. The number of β-amino-alcohol motifs (C(OH)–C–C–N with tert-alkyl or cyclic N) is 1. The zero-order valence-corrected chi connectivity index (χ0v) is 29.3. The quantitative estimate of drug-likeness (QED) is 0.181. The summed E-state index contributed by atoms with van der Waals surface area (Å²) in [6.07, 6.45) is 1.76. The van der Waals surface area contributed by atoms with Gasteiger partial charge in [0.2, 0.25) is 11.8 Å². The lowest BCUT2D eigenvalue weighted by atomic mass is 9.85. The lowest BCUT2D eigenvalue weighted by molar-refractivity contribution is -0.145. The Balaban J connectivity index is 1.48. The van der Waals surface area contributed by atoms with E-state index in [1.165, 1.54) is 16.2 Å². The number of alkyl halides is 1. The van der Waals surface area contributed by atoms with E-state index in [1.54, 1.807) is 26.3 Å². The normalized spacial score (nSPS) is 19.8. The molecule has 1 aliphatic carbocycles. The van der Waals surface area contributed by atoms with Crippen LogP contribution in [0.1, 0.15) is 96.4 Å². The molecular formula is C35H49FN4O7S. The van der Waals surface area contributed by atoms with Crippen LogP contribution >= 0.6 is 11.3 Å². The highest BCUT2D eigenvalue weighted by Crippen LogP contribution is 2.36. The Labute approximate surface area is 285 Å². The maximum absolute atomic E-state index is 14.6. The minimum atomic E-state index is -1.69. The van der Waals surface area contributed by atoms with Crippen LogP contribution in [0.5, 0.6) is 5.75 Å². The number of hydrogen-bond acceptors (Lipinski definition) is 8. The lowest BCUT2D eigenvalue weighted by Crippen LogP contribution is -2.58. The minimum Gasteiger partial charge on any atom is -0.493 e. The number of aliphatic carboxylic acids is 1. The van der Waals surface area contributed by atoms with E-state index in [-0.39, 0.29) is 25.3 Å². The first kappa shape index (κ1) is 37.2. The predicted octanol–water partition coefficient (Wildman–Crippen LogP) is 4.95. The Morgan fingerprint density at radius 3 is 2.46 bits per heavy atom. The zero-order chi connectivity index (χ0) is 35.2. The van der Waals surface area contributed by atoms with Crippen LogP contribution in [0, 0.1) is 18.3 Å². The number of carbonyl (C=O) groups is 4. The fourth-order valence-electron chi connectivity index (χ4n) is 5.98. The monoisotopic (exact) mass is 688 g/mol. The summed E-state index contributed by atoms with van der Waals surface area (Å²) in [5.74, 6) is -2.37. The second kappa shape index (κ2) is 16.2. The Bertz CT molecular complexity index is 1460. The van der Waals surface area contributed by atoms with Gasteiger partial charge in [0.25, 0.3) is 5.91 Å². The number of nitrogens with zero attached hydrogens (tertiary/aromatic N) is 2. The van der Waals surface area contributed by atoms with Crippen LogP contribution in [0.3, 0.4) is 0 Å². The Kier molecular flexibility index (Phi) is 12.6. The molecule has 48 heavy (non-hydrogen) atoms. The van der Waals surface area contributed by atoms with Crippen molar-refractivity contribution in [2.75, 3.05) is 13.2 Å². The molecule has 264 valence electrons. The van der Waals surface area contributed by atoms with Crippen molar-refractivity contribution in [2.45, 2.75) is 116 Å². The number of unbranched alkanes of at least 4 members (excludes halogenated alkanes) is 3. The van der Waals surface area contributed by atoms with Gasteiger partial charge in [0.05, 0.1) is 34.8 Å². The van der Waals surface area contributed by atoms with E-state index in [0.29, 0.717) is 31.6 Å². The third kappa shape index (κ3) is 9.74. The maximum atomic E-state index is 14.6.